The predicted octanol–water partition coefficient (Wildman–Crippen LogP) is 2.40. The van der Waals surface area contributed by atoms with Crippen molar-refractivity contribution in [2.45, 2.75) is 25.8 Å². The van der Waals surface area contributed by atoms with Gasteiger partial charge in [0.15, 0.2) is 5.75 Å². The van der Waals surface area contributed by atoms with Crippen molar-refractivity contribution in [1.29, 1.82) is 0 Å². The third kappa shape index (κ3) is 2.24. The number of nitro benzene ring substituents is 1. The van der Waals surface area contributed by atoms with Crippen LogP contribution in [0, 0.1) is 21.7 Å². The normalized spacial score (nSPS) is 15.5. The third-order valence-electron chi connectivity index (χ3n) is 4.28. The fraction of sp³-hybridized carbons (Fsp3) is 0.333. The SMILES string of the molecule is CC1(C)CCOc2c(F)c(F)c([N+](=O)[O-])c3c(=O)c(C(=O)O)cn1c23. The van der Waals surface area contributed by atoms with Crippen LogP contribution in [0.2, 0.25) is 0 Å². The third-order valence-corrected chi connectivity index (χ3v) is 4.28. The first kappa shape index (κ1) is 16.8. The second kappa shape index (κ2) is 5.23. The first-order valence-electron chi connectivity index (χ1n) is 7.19. The summed E-state index contributed by atoms with van der Waals surface area (Å²) in [4.78, 5) is 33.9. The number of benzene rings is 1. The van der Waals surface area contributed by atoms with E-state index in [4.69, 9.17) is 4.74 Å². The van der Waals surface area contributed by atoms with Crippen molar-refractivity contribution in [2.24, 2.45) is 0 Å². The topological polar surface area (TPSA) is 112 Å². The van der Waals surface area contributed by atoms with E-state index < -0.39 is 55.9 Å². The molecule has 1 aromatic carbocycles. The van der Waals surface area contributed by atoms with E-state index in [1.165, 1.54) is 4.57 Å². The van der Waals surface area contributed by atoms with Crippen molar-refractivity contribution in [3.05, 3.63) is 43.7 Å². The van der Waals surface area contributed by atoms with Gasteiger partial charge < -0.3 is 14.4 Å². The molecule has 0 spiro atoms. The molecule has 0 saturated heterocycles. The highest BCUT2D eigenvalue weighted by Gasteiger charge is 2.37. The van der Waals surface area contributed by atoms with Crippen LogP contribution in [0.5, 0.6) is 5.75 Å². The Morgan fingerprint density at radius 1 is 1.40 bits per heavy atom. The lowest BCUT2D eigenvalue weighted by atomic mass is 9.98. The molecule has 0 aliphatic carbocycles. The second-order valence-electron chi connectivity index (χ2n) is 6.24. The number of carboxylic acid groups (broad SMARTS) is 1. The van der Waals surface area contributed by atoms with Crippen LogP contribution in [-0.2, 0) is 5.54 Å². The first-order chi connectivity index (χ1) is 11.6. The zero-order valence-electron chi connectivity index (χ0n) is 13.1. The highest BCUT2D eigenvalue weighted by atomic mass is 19.2. The van der Waals surface area contributed by atoms with E-state index in [0.717, 1.165) is 6.20 Å². The van der Waals surface area contributed by atoms with Gasteiger partial charge in [-0.2, -0.15) is 8.78 Å². The summed E-state index contributed by atoms with van der Waals surface area (Å²) in [5, 5.41) is 19.7. The molecule has 1 aliphatic heterocycles. The smallest absolute Gasteiger partial charge is 0.341 e. The number of aromatic nitrogens is 1. The van der Waals surface area contributed by atoms with Crippen LogP contribution in [0.25, 0.3) is 10.9 Å². The number of pyridine rings is 1. The Hall–Kier alpha value is -3.04. The molecule has 0 atom stereocenters. The molecular formula is C15H12F2N2O6. The Labute approximate surface area is 138 Å². The molecule has 0 fully saturated rings. The summed E-state index contributed by atoms with van der Waals surface area (Å²) in [5.74, 6) is -5.72. The molecule has 1 N–H and O–H groups in total. The molecule has 132 valence electrons. The Kier molecular flexibility index (Phi) is 3.52. The Morgan fingerprint density at radius 3 is 2.60 bits per heavy atom. The number of rotatable bonds is 2. The van der Waals surface area contributed by atoms with Gasteiger partial charge in [-0.05, 0) is 13.8 Å². The van der Waals surface area contributed by atoms with E-state index >= 15 is 0 Å². The summed E-state index contributed by atoms with van der Waals surface area (Å²) in [6, 6.07) is 0. The fourth-order valence-electron chi connectivity index (χ4n) is 2.93. The Bertz CT molecular complexity index is 1010. The summed E-state index contributed by atoms with van der Waals surface area (Å²) in [5.41, 5.74) is -4.64. The van der Waals surface area contributed by atoms with E-state index in [-0.39, 0.29) is 18.5 Å². The number of ether oxygens (including phenoxy) is 1. The van der Waals surface area contributed by atoms with E-state index in [0.29, 0.717) is 0 Å². The standard InChI is InChI=1S/C15H12F2N2O6/c1-15(2)3-4-25-13-9(17)8(16)10(19(23)24)7-11(13)18(15)5-6(12(7)20)14(21)22/h5H,3-4H2,1-2H3,(H,21,22). The fourth-order valence-corrected chi connectivity index (χ4v) is 2.93. The molecule has 1 aliphatic rings. The summed E-state index contributed by atoms with van der Waals surface area (Å²) >= 11 is 0. The number of hydrogen-bond donors (Lipinski definition) is 1. The molecule has 2 aromatic rings. The Morgan fingerprint density at radius 2 is 2.04 bits per heavy atom. The van der Waals surface area contributed by atoms with Gasteiger partial charge in [-0.1, -0.05) is 0 Å². The second-order valence-corrected chi connectivity index (χ2v) is 6.24. The summed E-state index contributed by atoms with van der Waals surface area (Å²) < 4.78 is 35.0. The van der Waals surface area contributed by atoms with Crippen molar-refractivity contribution in [1.82, 2.24) is 4.57 Å². The Balaban J connectivity index is 2.72. The zero-order valence-corrected chi connectivity index (χ0v) is 13.1. The van der Waals surface area contributed by atoms with Gasteiger partial charge in [-0.3, -0.25) is 14.9 Å². The van der Waals surface area contributed by atoms with Crippen LogP contribution in [0.3, 0.4) is 0 Å². The maximum atomic E-state index is 14.4. The van der Waals surface area contributed by atoms with Gasteiger partial charge in [-0.25, -0.2) is 4.79 Å². The monoisotopic (exact) mass is 354 g/mol. The molecule has 0 bridgehead atoms. The average Bonchev–Trinajstić information content (AvgIpc) is 2.63. The largest absolute Gasteiger partial charge is 0.488 e. The maximum Gasteiger partial charge on any atom is 0.341 e. The van der Waals surface area contributed by atoms with Crippen molar-refractivity contribution < 1.29 is 28.3 Å². The number of nitro groups is 1. The van der Waals surface area contributed by atoms with E-state index in [2.05, 4.69) is 0 Å². The van der Waals surface area contributed by atoms with Gasteiger partial charge in [0, 0.05) is 18.2 Å². The lowest BCUT2D eigenvalue weighted by Crippen LogP contribution is -2.30. The van der Waals surface area contributed by atoms with Crippen molar-refractivity contribution >= 4 is 22.6 Å². The molecule has 0 amide bonds. The molecule has 0 unspecified atom stereocenters. The molecular weight excluding hydrogens is 342 g/mol. The molecule has 25 heavy (non-hydrogen) atoms. The predicted molar refractivity (Wildman–Crippen MR) is 81.2 cm³/mol. The van der Waals surface area contributed by atoms with Crippen LogP contribution < -0.4 is 10.2 Å². The summed E-state index contributed by atoms with van der Waals surface area (Å²) in [7, 11) is 0. The number of aromatic carboxylic acids is 1. The summed E-state index contributed by atoms with van der Waals surface area (Å²) in [6.07, 6.45) is 1.25. The highest BCUT2D eigenvalue weighted by molar-refractivity contribution is 5.99. The highest BCUT2D eigenvalue weighted by Crippen LogP contribution is 2.41. The number of carboxylic acids is 1. The lowest BCUT2D eigenvalue weighted by molar-refractivity contribution is -0.386. The van der Waals surface area contributed by atoms with Crippen LogP contribution >= 0.6 is 0 Å². The molecule has 8 nitrogen and oxygen atoms in total. The van der Waals surface area contributed by atoms with Crippen LogP contribution in [0.15, 0.2) is 11.0 Å². The van der Waals surface area contributed by atoms with Crippen molar-refractivity contribution in [3.63, 3.8) is 0 Å². The molecule has 3 rings (SSSR count). The van der Waals surface area contributed by atoms with Gasteiger partial charge in [0.05, 0.1) is 11.5 Å². The lowest BCUT2D eigenvalue weighted by Gasteiger charge is -2.28. The van der Waals surface area contributed by atoms with Gasteiger partial charge in [0.2, 0.25) is 17.1 Å². The van der Waals surface area contributed by atoms with Gasteiger partial charge in [0.25, 0.3) is 0 Å². The number of carbonyl (C=O) groups is 1. The van der Waals surface area contributed by atoms with Gasteiger partial charge >= 0.3 is 11.7 Å². The molecule has 2 heterocycles. The van der Waals surface area contributed by atoms with E-state index in [1.54, 1.807) is 13.8 Å². The number of nitrogens with zero attached hydrogens (tertiary/aromatic N) is 2. The van der Waals surface area contributed by atoms with Crippen molar-refractivity contribution in [3.8, 4) is 5.75 Å². The minimum atomic E-state index is -1.86. The van der Waals surface area contributed by atoms with Gasteiger partial charge in [-0.15, -0.1) is 0 Å². The molecule has 10 heteroatoms. The number of hydrogen-bond acceptors (Lipinski definition) is 5. The van der Waals surface area contributed by atoms with Crippen LogP contribution in [0.1, 0.15) is 30.6 Å². The minimum absolute atomic E-state index is 0.0471. The van der Waals surface area contributed by atoms with Crippen LogP contribution in [0.4, 0.5) is 14.5 Å². The van der Waals surface area contributed by atoms with Crippen molar-refractivity contribution in [2.75, 3.05) is 6.61 Å². The zero-order chi connectivity index (χ0) is 18.7. The van der Waals surface area contributed by atoms with E-state index in [1.807, 2.05) is 0 Å². The quantitative estimate of drug-likeness (QED) is 0.655. The molecule has 0 radical (unpaired) electrons. The van der Waals surface area contributed by atoms with Gasteiger partial charge in [0.1, 0.15) is 16.5 Å². The molecule has 0 saturated carbocycles. The number of halogens is 2. The van der Waals surface area contributed by atoms with Crippen LogP contribution in [-0.4, -0.2) is 27.2 Å². The van der Waals surface area contributed by atoms with E-state index in [9.17, 15) is 33.6 Å². The molecule has 1 aromatic heterocycles. The maximum absolute atomic E-state index is 14.4. The first-order valence-corrected chi connectivity index (χ1v) is 7.19. The minimum Gasteiger partial charge on any atom is -0.488 e. The summed E-state index contributed by atoms with van der Waals surface area (Å²) in [6.45, 7) is 3.27. The average molecular weight is 354 g/mol.